The van der Waals surface area contributed by atoms with Crippen molar-refractivity contribution in [2.75, 3.05) is 12.4 Å². The van der Waals surface area contributed by atoms with Gasteiger partial charge in [0.1, 0.15) is 17.5 Å². The Morgan fingerprint density at radius 3 is 2.55 bits per heavy atom. The summed E-state index contributed by atoms with van der Waals surface area (Å²) in [6.07, 6.45) is 5.75. The Morgan fingerprint density at radius 1 is 1.11 bits per heavy atom. The van der Waals surface area contributed by atoms with E-state index in [1.807, 2.05) is 6.07 Å². The van der Waals surface area contributed by atoms with E-state index in [0.717, 1.165) is 31.2 Å². The molecule has 202 valence electrons. The van der Waals surface area contributed by atoms with Crippen LogP contribution in [0.15, 0.2) is 53.1 Å². The van der Waals surface area contributed by atoms with Crippen LogP contribution in [0.5, 0.6) is 0 Å². The molecule has 0 bridgehead atoms. The van der Waals surface area contributed by atoms with Crippen LogP contribution in [0.4, 0.5) is 19.0 Å². The minimum atomic E-state index is -0.728. The molecule has 1 fully saturated rings. The van der Waals surface area contributed by atoms with E-state index in [4.69, 9.17) is 5.73 Å². The van der Waals surface area contributed by atoms with Crippen molar-refractivity contribution in [2.45, 2.75) is 63.0 Å². The molecular weight excluding hydrogens is 559 g/mol. The second-order valence-corrected chi connectivity index (χ2v) is 10.7. The van der Waals surface area contributed by atoms with Gasteiger partial charge in [-0.1, -0.05) is 22.0 Å². The monoisotopic (exact) mass is 589 g/mol. The van der Waals surface area contributed by atoms with Gasteiger partial charge in [-0.3, -0.25) is 9.18 Å². The number of nitrogens with zero attached hydrogens (tertiary/aromatic N) is 1. The van der Waals surface area contributed by atoms with E-state index >= 15 is 4.39 Å². The van der Waals surface area contributed by atoms with Crippen molar-refractivity contribution in [3.8, 4) is 11.1 Å². The van der Waals surface area contributed by atoms with Crippen molar-refractivity contribution in [1.29, 1.82) is 0 Å². The fourth-order valence-corrected chi connectivity index (χ4v) is 5.48. The zero-order chi connectivity index (χ0) is 27.2. The van der Waals surface area contributed by atoms with Gasteiger partial charge in [-0.25, -0.2) is 13.8 Å². The van der Waals surface area contributed by atoms with Gasteiger partial charge in [-0.15, -0.1) is 0 Å². The van der Waals surface area contributed by atoms with Gasteiger partial charge in [-0.05, 0) is 104 Å². The largest absolute Gasteiger partial charge is 0.393 e. The first-order valence-corrected chi connectivity index (χ1v) is 13.6. The lowest BCUT2D eigenvalue weighted by Gasteiger charge is -2.26. The molecular formula is C29H31BrF3N3O2. The number of aliphatic hydroxyl groups is 1. The quantitative estimate of drug-likeness (QED) is 0.234. The van der Waals surface area contributed by atoms with E-state index in [1.54, 1.807) is 18.3 Å². The van der Waals surface area contributed by atoms with E-state index in [2.05, 4.69) is 26.2 Å². The zero-order valence-electron chi connectivity index (χ0n) is 20.9. The van der Waals surface area contributed by atoms with Crippen LogP contribution in [0, 0.1) is 11.6 Å². The van der Waals surface area contributed by atoms with Crippen molar-refractivity contribution in [1.82, 2.24) is 10.3 Å². The fraction of sp³-hybridized carbons (Fsp3) is 0.379. The molecule has 1 saturated carbocycles. The van der Waals surface area contributed by atoms with Crippen molar-refractivity contribution >= 4 is 27.7 Å². The summed E-state index contributed by atoms with van der Waals surface area (Å²) >= 11 is 3.26. The standard InChI is InChI=1S/C29H31BrF3N3O2/c30-21-11-19(12-22(32)15-21)27(3-1-2-10-31)36-29(38)24-9-6-18(14-26(24)33)25-13-20(16-35-28(25)34)17-4-7-23(37)8-5-17/h6,9,11-17,23,27,37H,1-5,7-8,10H2,(H2,34,35)(H,36,38)/t17?,23?,27-/m1/s1. The number of unbranched alkanes of at least 4 members (excludes halogenated alkanes) is 1. The summed E-state index contributed by atoms with van der Waals surface area (Å²) in [5, 5.41) is 12.6. The van der Waals surface area contributed by atoms with Crippen LogP contribution in [0.2, 0.25) is 0 Å². The second-order valence-electron chi connectivity index (χ2n) is 9.82. The lowest BCUT2D eigenvalue weighted by Crippen LogP contribution is -2.29. The molecule has 0 radical (unpaired) electrons. The van der Waals surface area contributed by atoms with E-state index in [-0.39, 0.29) is 23.4 Å². The number of rotatable bonds is 9. The number of benzene rings is 2. The van der Waals surface area contributed by atoms with Crippen molar-refractivity contribution < 1.29 is 23.1 Å². The fourth-order valence-electron chi connectivity index (χ4n) is 5.00. The summed E-state index contributed by atoms with van der Waals surface area (Å²) in [6.45, 7) is -0.495. The van der Waals surface area contributed by atoms with Gasteiger partial charge >= 0.3 is 0 Å². The summed E-state index contributed by atoms with van der Waals surface area (Å²) in [6, 6.07) is 9.84. The Kier molecular flexibility index (Phi) is 9.44. The van der Waals surface area contributed by atoms with Gasteiger partial charge in [0, 0.05) is 16.2 Å². The molecule has 5 nitrogen and oxygen atoms in total. The second kappa shape index (κ2) is 12.8. The molecule has 0 unspecified atom stereocenters. The van der Waals surface area contributed by atoms with E-state index in [1.165, 1.54) is 24.3 Å². The van der Waals surface area contributed by atoms with Gasteiger partial charge in [-0.2, -0.15) is 0 Å². The number of pyridine rings is 1. The number of anilines is 1. The van der Waals surface area contributed by atoms with Crippen molar-refractivity contribution in [2.24, 2.45) is 0 Å². The van der Waals surface area contributed by atoms with Crippen LogP contribution in [-0.2, 0) is 0 Å². The number of nitrogen functional groups attached to an aromatic ring is 1. The van der Waals surface area contributed by atoms with Crippen LogP contribution < -0.4 is 11.1 Å². The summed E-state index contributed by atoms with van der Waals surface area (Å²) < 4.78 is 42.4. The third-order valence-corrected chi connectivity index (χ3v) is 7.56. The smallest absolute Gasteiger partial charge is 0.254 e. The highest BCUT2D eigenvalue weighted by molar-refractivity contribution is 9.10. The number of hydrogen-bond acceptors (Lipinski definition) is 4. The zero-order valence-corrected chi connectivity index (χ0v) is 22.5. The number of aromatic nitrogens is 1. The van der Waals surface area contributed by atoms with Gasteiger partial charge < -0.3 is 16.2 Å². The first-order valence-electron chi connectivity index (χ1n) is 12.8. The highest BCUT2D eigenvalue weighted by Gasteiger charge is 2.23. The molecule has 0 aliphatic heterocycles. The Balaban J connectivity index is 1.55. The first-order chi connectivity index (χ1) is 18.2. The maximum absolute atomic E-state index is 15.2. The normalized spacial score (nSPS) is 18.2. The molecule has 1 heterocycles. The van der Waals surface area contributed by atoms with Crippen molar-refractivity contribution in [3.05, 3.63) is 81.5 Å². The third-order valence-electron chi connectivity index (χ3n) is 7.10. The van der Waals surface area contributed by atoms with E-state index < -0.39 is 30.3 Å². The minimum absolute atomic E-state index is 0.163. The molecule has 4 rings (SSSR count). The molecule has 38 heavy (non-hydrogen) atoms. The number of hydrogen-bond donors (Lipinski definition) is 3. The molecule has 3 aromatic rings. The SMILES string of the molecule is Nc1ncc(C2CCC(O)CC2)cc1-c1ccc(C(=O)N[C@H](CCCCF)c2cc(F)cc(Br)c2)c(F)c1. The molecule has 4 N–H and O–H groups in total. The van der Waals surface area contributed by atoms with Gasteiger partial charge in [0.05, 0.1) is 24.4 Å². The predicted octanol–water partition coefficient (Wildman–Crippen LogP) is 7.00. The number of amides is 1. The molecule has 1 aromatic heterocycles. The predicted molar refractivity (Wildman–Crippen MR) is 145 cm³/mol. The number of nitrogens with two attached hydrogens (primary N) is 1. The maximum Gasteiger partial charge on any atom is 0.254 e. The summed E-state index contributed by atoms with van der Waals surface area (Å²) in [5.41, 5.74) is 8.52. The Labute approximate surface area is 228 Å². The lowest BCUT2D eigenvalue weighted by molar-refractivity contribution is 0.0929. The number of carbonyl (C=O) groups excluding carboxylic acids is 1. The summed E-state index contributed by atoms with van der Waals surface area (Å²) in [5.74, 6) is -1.36. The van der Waals surface area contributed by atoms with Gasteiger partial charge in [0.15, 0.2) is 0 Å². The van der Waals surface area contributed by atoms with Crippen molar-refractivity contribution in [3.63, 3.8) is 0 Å². The molecule has 1 aliphatic rings. The molecule has 0 spiro atoms. The summed E-state index contributed by atoms with van der Waals surface area (Å²) in [4.78, 5) is 17.4. The lowest BCUT2D eigenvalue weighted by atomic mass is 9.83. The Morgan fingerprint density at radius 2 is 1.87 bits per heavy atom. The molecule has 1 atom stereocenters. The van der Waals surface area contributed by atoms with Crippen LogP contribution >= 0.6 is 15.9 Å². The van der Waals surface area contributed by atoms with Gasteiger partial charge in [0.25, 0.3) is 5.91 Å². The Hall–Kier alpha value is -2.91. The topological polar surface area (TPSA) is 88.2 Å². The average Bonchev–Trinajstić information content (AvgIpc) is 2.88. The number of aliphatic hydroxyl groups excluding tert-OH is 1. The van der Waals surface area contributed by atoms with Crippen LogP contribution in [-0.4, -0.2) is 28.8 Å². The number of nitrogens with one attached hydrogen (secondary N) is 1. The molecule has 2 aromatic carbocycles. The number of alkyl halides is 1. The Bertz CT molecular complexity index is 1260. The number of halogens is 4. The summed E-state index contributed by atoms with van der Waals surface area (Å²) in [7, 11) is 0. The van der Waals surface area contributed by atoms with Crippen LogP contribution in [0.1, 0.15) is 78.4 Å². The molecule has 1 amide bonds. The van der Waals surface area contributed by atoms with Gasteiger partial charge in [0.2, 0.25) is 0 Å². The maximum atomic E-state index is 15.2. The molecule has 0 saturated heterocycles. The first kappa shape index (κ1) is 28.1. The number of carbonyl (C=O) groups is 1. The van der Waals surface area contributed by atoms with E-state index in [0.29, 0.717) is 40.4 Å². The highest BCUT2D eigenvalue weighted by atomic mass is 79.9. The molecule has 9 heteroatoms. The average molecular weight is 590 g/mol. The minimum Gasteiger partial charge on any atom is -0.393 e. The van der Waals surface area contributed by atoms with E-state index in [9.17, 15) is 18.7 Å². The third kappa shape index (κ3) is 6.94. The van der Waals surface area contributed by atoms with Crippen LogP contribution in [0.3, 0.4) is 0 Å². The van der Waals surface area contributed by atoms with Crippen LogP contribution in [0.25, 0.3) is 11.1 Å². The molecule has 1 aliphatic carbocycles. The highest BCUT2D eigenvalue weighted by Crippen LogP contribution is 2.36.